The molecule has 0 fully saturated rings. The molecule has 0 saturated heterocycles. The van der Waals surface area contributed by atoms with Crippen molar-refractivity contribution in [2.75, 3.05) is 46.2 Å². The van der Waals surface area contributed by atoms with Gasteiger partial charge in [-0.15, -0.1) is 0 Å². The number of ether oxygens (including phenoxy) is 3. The predicted molar refractivity (Wildman–Crippen MR) is 96.2 cm³/mol. The van der Waals surface area contributed by atoms with E-state index in [2.05, 4.69) is 13.8 Å². The zero-order chi connectivity index (χ0) is 18.5. The number of aryl methyl sites for hydroxylation is 1. The molecule has 1 unspecified atom stereocenters. The lowest BCUT2D eigenvalue weighted by molar-refractivity contribution is 0.00427. The van der Waals surface area contributed by atoms with Crippen LogP contribution in [-0.4, -0.2) is 54.7 Å². The summed E-state index contributed by atoms with van der Waals surface area (Å²) in [6, 6.07) is 6.53. The molecule has 0 N–H and O–H groups in total. The molecular weight excluding hydrogens is 344 g/mol. The van der Waals surface area contributed by atoms with Crippen LogP contribution in [0.3, 0.4) is 0 Å². The maximum atomic E-state index is 11.9. The van der Waals surface area contributed by atoms with Crippen molar-refractivity contribution in [2.24, 2.45) is 5.92 Å². The summed E-state index contributed by atoms with van der Waals surface area (Å²) in [4.78, 5) is 0.152. The molecule has 0 spiro atoms. The molecule has 1 atom stereocenters. The minimum absolute atomic E-state index is 0.0196. The molecule has 1 aromatic carbocycles. The van der Waals surface area contributed by atoms with Crippen molar-refractivity contribution in [1.29, 1.82) is 0 Å². The van der Waals surface area contributed by atoms with Crippen molar-refractivity contribution >= 4 is 10.1 Å². The third kappa shape index (κ3) is 9.91. The van der Waals surface area contributed by atoms with E-state index in [4.69, 9.17) is 18.4 Å². The highest BCUT2D eigenvalue weighted by molar-refractivity contribution is 7.86. The summed E-state index contributed by atoms with van der Waals surface area (Å²) in [6.45, 7) is 9.03. The highest BCUT2D eigenvalue weighted by Gasteiger charge is 2.14. The second kappa shape index (κ2) is 12.4. The van der Waals surface area contributed by atoms with Crippen molar-refractivity contribution in [1.82, 2.24) is 0 Å². The number of benzene rings is 1. The SMILES string of the molecule is CCC(C)COCCOCCOCCOS(=O)(=O)c1ccc(C)cc1. The van der Waals surface area contributed by atoms with Gasteiger partial charge in [0, 0.05) is 6.61 Å². The molecule has 0 amide bonds. The van der Waals surface area contributed by atoms with Crippen LogP contribution in [0.4, 0.5) is 0 Å². The van der Waals surface area contributed by atoms with Gasteiger partial charge in [0.15, 0.2) is 0 Å². The summed E-state index contributed by atoms with van der Waals surface area (Å²) < 4.78 is 44.9. The van der Waals surface area contributed by atoms with E-state index in [-0.39, 0.29) is 18.1 Å². The van der Waals surface area contributed by atoms with Gasteiger partial charge in [-0.05, 0) is 25.0 Å². The van der Waals surface area contributed by atoms with Gasteiger partial charge in [-0.3, -0.25) is 4.18 Å². The average Bonchev–Trinajstić information content (AvgIpc) is 2.59. The highest BCUT2D eigenvalue weighted by Crippen LogP contribution is 2.12. The topological polar surface area (TPSA) is 71.1 Å². The summed E-state index contributed by atoms with van der Waals surface area (Å²) in [6.07, 6.45) is 1.11. The minimum Gasteiger partial charge on any atom is -0.379 e. The Labute approximate surface area is 151 Å². The maximum absolute atomic E-state index is 11.9. The molecular formula is C18H30O6S. The zero-order valence-corrected chi connectivity index (χ0v) is 16.2. The maximum Gasteiger partial charge on any atom is 0.297 e. The van der Waals surface area contributed by atoms with Gasteiger partial charge in [-0.1, -0.05) is 38.0 Å². The fourth-order valence-electron chi connectivity index (χ4n) is 1.82. The van der Waals surface area contributed by atoms with E-state index in [9.17, 15) is 8.42 Å². The highest BCUT2D eigenvalue weighted by atomic mass is 32.2. The zero-order valence-electron chi connectivity index (χ0n) is 15.4. The Hall–Kier alpha value is -0.990. The Balaban J connectivity index is 2.00. The van der Waals surface area contributed by atoms with Gasteiger partial charge in [0.1, 0.15) is 0 Å². The second-order valence-corrected chi connectivity index (χ2v) is 7.52. The molecule has 25 heavy (non-hydrogen) atoms. The quantitative estimate of drug-likeness (QED) is 0.368. The van der Waals surface area contributed by atoms with E-state index in [0.29, 0.717) is 32.3 Å². The summed E-state index contributed by atoms with van der Waals surface area (Å²) in [5, 5.41) is 0. The fourth-order valence-corrected chi connectivity index (χ4v) is 2.71. The van der Waals surface area contributed by atoms with Crippen LogP contribution in [0.5, 0.6) is 0 Å². The van der Waals surface area contributed by atoms with Crippen LogP contribution in [0, 0.1) is 12.8 Å². The largest absolute Gasteiger partial charge is 0.379 e. The van der Waals surface area contributed by atoms with Gasteiger partial charge in [0.05, 0.1) is 44.5 Å². The van der Waals surface area contributed by atoms with Crippen LogP contribution in [0.1, 0.15) is 25.8 Å². The first kappa shape index (κ1) is 22.1. The first-order chi connectivity index (χ1) is 12.0. The predicted octanol–water partition coefficient (Wildman–Crippen LogP) is 2.80. The smallest absolute Gasteiger partial charge is 0.297 e. The van der Waals surface area contributed by atoms with E-state index in [1.165, 1.54) is 12.1 Å². The fraction of sp³-hybridized carbons (Fsp3) is 0.667. The van der Waals surface area contributed by atoms with Crippen molar-refractivity contribution in [3.63, 3.8) is 0 Å². The molecule has 0 aliphatic carbocycles. The first-order valence-corrected chi connectivity index (χ1v) is 10.1. The van der Waals surface area contributed by atoms with Crippen LogP contribution in [0.25, 0.3) is 0 Å². The number of hydrogen-bond donors (Lipinski definition) is 0. The van der Waals surface area contributed by atoms with Gasteiger partial charge >= 0.3 is 0 Å². The summed E-state index contributed by atoms with van der Waals surface area (Å²) in [5.74, 6) is 0.569. The third-order valence-corrected chi connectivity index (χ3v) is 4.95. The van der Waals surface area contributed by atoms with Crippen LogP contribution in [-0.2, 0) is 28.5 Å². The van der Waals surface area contributed by atoms with Crippen LogP contribution in [0.2, 0.25) is 0 Å². The lowest BCUT2D eigenvalue weighted by atomic mass is 10.1. The van der Waals surface area contributed by atoms with E-state index in [0.717, 1.165) is 18.6 Å². The molecule has 0 aromatic heterocycles. The lowest BCUT2D eigenvalue weighted by Gasteiger charge is -2.10. The van der Waals surface area contributed by atoms with E-state index < -0.39 is 10.1 Å². The molecule has 0 aliphatic heterocycles. The first-order valence-electron chi connectivity index (χ1n) is 8.65. The monoisotopic (exact) mass is 374 g/mol. The Kier molecular flexibility index (Phi) is 10.9. The standard InChI is InChI=1S/C18H30O6S/c1-4-16(2)15-23-12-11-21-9-10-22-13-14-24-25(19,20)18-7-5-17(3)6-8-18/h5-8,16H,4,9-15H2,1-3H3. The van der Waals surface area contributed by atoms with Crippen molar-refractivity contribution in [3.05, 3.63) is 29.8 Å². The Morgan fingerprint density at radius 3 is 1.96 bits per heavy atom. The molecule has 0 heterocycles. The van der Waals surface area contributed by atoms with Crippen LogP contribution >= 0.6 is 0 Å². The van der Waals surface area contributed by atoms with E-state index in [1.54, 1.807) is 12.1 Å². The number of hydrogen-bond acceptors (Lipinski definition) is 6. The Morgan fingerprint density at radius 2 is 1.40 bits per heavy atom. The van der Waals surface area contributed by atoms with Crippen molar-refractivity contribution in [3.8, 4) is 0 Å². The van der Waals surface area contributed by atoms with Crippen LogP contribution < -0.4 is 0 Å². The van der Waals surface area contributed by atoms with E-state index in [1.807, 2.05) is 6.92 Å². The normalized spacial score (nSPS) is 13.1. The Morgan fingerprint density at radius 1 is 0.880 bits per heavy atom. The molecule has 6 nitrogen and oxygen atoms in total. The van der Waals surface area contributed by atoms with Gasteiger partial charge in [0.25, 0.3) is 10.1 Å². The number of rotatable bonds is 14. The average molecular weight is 374 g/mol. The van der Waals surface area contributed by atoms with Gasteiger partial charge in [-0.2, -0.15) is 8.42 Å². The van der Waals surface area contributed by atoms with Gasteiger partial charge in [0.2, 0.25) is 0 Å². The minimum atomic E-state index is -3.72. The molecule has 1 aromatic rings. The lowest BCUT2D eigenvalue weighted by Crippen LogP contribution is -2.15. The Bertz CT molecular complexity index is 555. The van der Waals surface area contributed by atoms with Crippen molar-refractivity contribution < 1.29 is 26.8 Å². The summed E-state index contributed by atoms with van der Waals surface area (Å²) in [5.41, 5.74) is 0.993. The van der Waals surface area contributed by atoms with Crippen LogP contribution in [0.15, 0.2) is 29.2 Å². The molecule has 0 radical (unpaired) electrons. The summed E-state index contributed by atoms with van der Waals surface area (Å²) in [7, 11) is -3.72. The molecule has 0 aliphatic rings. The van der Waals surface area contributed by atoms with Crippen molar-refractivity contribution in [2.45, 2.75) is 32.1 Å². The second-order valence-electron chi connectivity index (χ2n) is 5.90. The molecule has 0 bridgehead atoms. The summed E-state index contributed by atoms with van der Waals surface area (Å²) >= 11 is 0. The molecule has 7 heteroatoms. The molecule has 1 rings (SSSR count). The molecule has 144 valence electrons. The molecule has 0 saturated carbocycles. The third-order valence-electron chi connectivity index (χ3n) is 3.62. The van der Waals surface area contributed by atoms with Gasteiger partial charge < -0.3 is 14.2 Å². The van der Waals surface area contributed by atoms with Gasteiger partial charge in [-0.25, -0.2) is 0 Å². The van der Waals surface area contributed by atoms with E-state index >= 15 is 0 Å².